The Morgan fingerprint density at radius 3 is 2.33 bits per heavy atom. The zero-order valence-corrected chi connectivity index (χ0v) is 29.4. The Bertz CT molecular complexity index is 1360. The van der Waals surface area contributed by atoms with Gasteiger partial charge >= 0.3 is 17.9 Å². The average Bonchev–Trinajstić information content (AvgIpc) is 3.27. The van der Waals surface area contributed by atoms with Crippen LogP contribution in [0.1, 0.15) is 93.4 Å². The Morgan fingerprint density at radius 2 is 1.69 bits per heavy atom. The molecule has 17 unspecified atom stereocenters. The molecule has 0 aromatic carbocycles. The molecule has 48 heavy (non-hydrogen) atoms. The van der Waals surface area contributed by atoms with Crippen molar-refractivity contribution in [2.45, 2.75) is 146 Å². The monoisotopic (exact) mass is 677 g/mol. The van der Waals surface area contributed by atoms with Crippen LogP contribution in [0.25, 0.3) is 0 Å². The molecule has 4 saturated carbocycles. The summed E-state index contributed by atoms with van der Waals surface area (Å²) in [6, 6.07) is -0.216. The molecule has 4 N–H and O–H groups in total. The van der Waals surface area contributed by atoms with Crippen molar-refractivity contribution in [1.29, 1.82) is 0 Å². The van der Waals surface area contributed by atoms with Crippen LogP contribution in [0.2, 0.25) is 0 Å². The molecule has 4 bridgehead atoms. The molecular weight excluding hydrogens is 622 g/mol. The predicted octanol–water partition coefficient (Wildman–Crippen LogP) is 1.92. The van der Waals surface area contributed by atoms with Gasteiger partial charge in [0.1, 0.15) is 11.7 Å². The Labute approximate surface area is 282 Å². The lowest BCUT2D eigenvalue weighted by Crippen LogP contribution is -2.77. The van der Waals surface area contributed by atoms with Gasteiger partial charge < -0.3 is 39.4 Å². The summed E-state index contributed by atoms with van der Waals surface area (Å²) in [5.41, 5.74) is -5.37. The quantitative estimate of drug-likeness (QED) is 0.247. The second-order valence-electron chi connectivity index (χ2n) is 17.1. The van der Waals surface area contributed by atoms with Crippen LogP contribution in [0.15, 0.2) is 0 Å². The van der Waals surface area contributed by atoms with Gasteiger partial charge in [-0.05, 0) is 69.6 Å². The van der Waals surface area contributed by atoms with Gasteiger partial charge in [0, 0.05) is 50.2 Å². The molecule has 12 nitrogen and oxygen atoms in total. The van der Waals surface area contributed by atoms with E-state index in [4.69, 9.17) is 18.9 Å². The van der Waals surface area contributed by atoms with Crippen molar-refractivity contribution in [3.63, 3.8) is 0 Å². The minimum Gasteiger partial charge on any atom is -0.462 e. The second kappa shape index (κ2) is 11.1. The van der Waals surface area contributed by atoms with E-state index < -0.39 is 106 Å². The first-order valence-electron chi connectivity index (χ1n) is 18.2. The molecular formula is C36H55NO11. The van der Waals surface area contributed by atoms with Crippen molar-refractivity contribution in [2.75, 3.05) is 13.1 Å². The van der Waals surface area contributed by atoms with E-state index in [9.17, 15) is 34.8 Å². The summed E-state index contributed by atoms with van der Waals surface area (Å²) in [4.78, 5) is 40.8. The van der Waals surface area contributed by atoms with Crippen LogP contribution in [0.4, 0.5) is 0 Å². The van der Waals surface area contributed by atoms with Crippen LogP contribution in [-0.2, 0) is 33.3 Å². The fraction of sp³-hybridized carbons (Fsp3) is 0.917. The summed E-state index contributed by atoms with van der Waals surface area (Å²) in [7, 11) is 0. The minimum absolute atomic E-state index is 0.117. The van der Waals surface area contributed by atoms with Gasteiger partial charge in [-0.2, -0.15) is 0 Å². The third kappa shape index (κ3) is 4.37. The van der Waals surface area contributed by atoms with E-state index in [1.54, 1.807) is 13.8 Å². The molecule has 0 aromatic heterocycles. The van der Waals surface area contributed by atoms with Crippen LogP contribution in [0.3, 0.4) is 0 Å². The summed E-state index contributed by atoms with van der Waals surface area (Å²) >= 11 is 0. The second-order valence-corrected chi connectivity index (χ2v) is 17.1. The fourth-order valence-electron chi connectivity index (χ4n) is 12.6. The summed E-state index contributed by atoms with van der Waals surface area (Å²) < 4.78 is 24.8. The van der Waals surface area contributed by atoms with Crippen molar-refractivity contribution in [3.8, 4) is 0 Å². The van der Waals surface area contributed by atoms with Gasteiger partial charge in [0.15, 0.2) is 12.2 Å². The van der Waals surface area contributed by atoms with Crippen LogP contribution in [-0.4, -0.2) is 109 Å². The van der Waals surface area contributed by atoms with Gasteiger partial charge in [-0.25, -0.2) is 0 Å². The van der Waals surface area contributed by atoms with Crippen LogP contribution in [0, 0.1) is 46.8 Å². The summed E-state index contributed by atoms with van der Waals surface area (Å²) in [5.74, 6) is -7.16. The van der Waals surface area contributed by atoms with Gasteiger partial charge in [0.2, 0.25) is 5.79 Å². The SMILES string of the molecule is CCC(C)C(=O)OC1C(O)C2C(CN3CC(C)CCC3C2(C)O)C2CC34OC5(O)C(OC(C)=O)CCC3(C)C5CC(OC(C)=O)C4C21O. The topological polar surface area (TPSA) is 172 Å². The number of piperidine rings is 2. The lowest BCUT2D eigenvalue weighted by Gasteiger charge is -2.64. The van der Waals surface area contributed by atoms with Crippen LogP contribution < -0.4 is 0 Å². The van der Waals surface area contributed by atoms with Crippen molar-refractivity contribution < 1.29 is 53.8 Å². The zero-order chi connectivity index (χ0) is 34.9. The molecule has 0 amide bonds. The molecule has 17 atom stereocenters. The number of hydrogen-bond acceptors (Lipinski definition) is 12. The van der Waals surface area contributed by atoms with E-state index in [0.29, 0.717) is 31.7 Å². The van der Waals surface area contributed by atoms with E-state index in [-0.39, 0.29) is 18.9 Å². The number of ether oxygens (including phenoxy) is 4. The van der Waals surface area contributed by atoms with E-state index in [0.717, 1.165) is 19.4 Å². The Balaban J connectivity index is 1.42. The highest BCUT2D eigenvalue weighted by Crippen LogP contribution is 2.77. The highest BCUT2D eigenvalue weighted by molar-refractivity contribution is 5.72. The lowest BCUT2D eigenvalue weighted by molar-refractivity contribution is -0.300. The highest BCUT2D eigenvalue weighted by Gasteiger charge is 2.87. The number of carbonyl (C=O) groups excluding carboxylic acids is 3. The molecule has 7 fully saturated rings. The number of hydrogen-bond donors (Lipinski definition) is 4. The Morgan fingerprint density at radius 1 is 1.00 bits per heavy atom. The standard InChI is InChI=1S/C36H55NO11/c1-8-18(3)31(41)47-30-28(40)27-21(16-37-15-17(2)9-10-25(37)33(27,7)42)22-14-34-29(35(22,30)43)23(45-19(4)38)13-24-32(34,6)12-11-26(46-20(5)39)36(24,44)48-34/h17-18,21-30,40,42-44H,8-16H2,1-7H3. The number of esters is 3. The zero-order valence-electron chi connectivity index (χ0n) is 29.4. The number of carbonyl (C=O) groups is 3. The molecule has 1 spiro atoms. The normalized spacial score (nSPS) is 54.2. The van der Waals surface area contributed by atoms with E-state index >= 15 is 0 Å². The number of aliphatic hydroxyl groups excluding tert-OH is 1. The number of nitrogens with zero attached hydrogens (tertiary/aromatic N) is 1. The molecule has 4 aliphatic carbocycles. The first-order chi connectivity index (χ1) is 22.4. The molecule has 7 rings (SSSR count). The largest absolute Gasteiger partial charge is 0.462 e. The van der Waals surface area contributed by atoms with Crippen molar-refractivity contribution >= 4 is 17.9 Å². The van der Waals surface area contributed by atoms with Gasteiger partial charge in [-0.15, -0.1) is 0 Å². The fourth-order valence-corrected chi connectivity index (χ4v) is 12.6. The van der Waals surface area contributed by atoms with Crippen molar-refractivity contribution in [2.24, 2.45) is 46.8 Å². The number of rotatable bonds is 5. The van der Waals surface area contributed by atoms with Gasteiger partial charge in [-0.3, -0.25) is 19.3 Å². The van der Waals surface area contributed by atoms with Gasteiger partial charge in [-0.1, -0.05) is 27.7 Å². The third-order valence-corrected chi connectivity index (χ3v) is 14.6. The molecule has 7 aliphatic rings. The van der Waals surface area contributed by atoms with Gasteiger partial charge in [0.25, 0.3) is 0 Å². The van der Waals surface area contributed by atoms with Crippen LogP contribution in [0.5, 0.6) is 0 Å². The summed E-state index contributed by atoms with van der Waals surface area (Å²) in [6.07, 6.45) is -1.47. The number of fused-ring (bicyclic) bond motifs is 5. The Hall–Kier alpha value is -1.83. The molecule has 0 radical (unpaired) electrons. The smallest absolute Gasteiger partial charge is 0.309 e. The highest BCUT2D eigenvalue weighted by atomic mass is 16.7. The maximum atomic E-state index is 13.6. The predicted molar refractivity (Wildman–Crippen MR) is 169 cm³/mol. The van der Waals surface area contributed by atoms with E-state index in [1.165, 1.54) is 13.8 Å². The number of aliphatic hydroxyl groups is 4. The van der Waals surface area contributed by atoms with Crippen LogP contribution >= 0.6 is 0 Å². The molecule has 270 valence electrons. The average molecular weight is 678 g/mol. The molecule has 3 saturated heterocycles. The van der Waals surface area contributed by atoms with Crippen molar-refractivity contribution in [1.82, 2.24) is 4.90 Å². The van der Waals surface area contributed by atoms with Gasteiger partial charge in [0.05, 0.1) is 29.1 Å². The minimum atomic E-state index is -1.95. The molecule has 3 heterocycles. The summed E-state index contributed by atoms with van der Waals surface area (Å²) in [5, 5.41) is 50.9. The first-order valence-corrected chi connectivity index (χ1v) is 18.2. The van der Waals surface area contributed by atoms with Crippen molar-refractivity contribution in [3.05, 3.63) is 0 Å². The first kappa shape index (κ1) is 34.6. The molecule has 3 aliphatic heterocycles. The molecule has 0 aromatic rings. The third-order valence-electron chi connectivity index (χ3n) is 14.6. The van der Waals surface area contributed by atoms with E-state index in [2.05, 4.69) is 11.8 Å². The molecule has 12 heteroatoms. The summed E-state index contributed by atoms with van der Waals surface area (Å²) in [6.45, 7) is 13.4. The lowest BCUT2D eigenvalue weighted by atomic mass is 9.49. The Kier molecular flexibility index (Phi) is 7.99. The maximum Gasteiger partial charge on any atom is 0.309 e. The van der Waals surface area contributed by atoms with E-state index in [1.807, 2.05) is 13.8 Å². The maximum absolute atomic E-state index is 13.6.